The second kappa shape index (κ2) is 8.77. The second-order valence-corrected chi connectivity index (χ2v) is 10.6. The molecule has 1 nitrogen and oxygen atoms in total. The number of rotatable bonds is 3. The van der Waals surface area contributed by atoms with Crippen molar-refractivity contribution >= 4 is 21.5 Å². The number of fused-ring (bicyclic) bond motifs is 5. The molecule has 188 valence electrons. The minimum atomic E-state index is -1.27. The first-order valence-corrected chi connectivity index (χ1v) is 13.8. The number of aliphatic hydroxyl groups is 1. The molecular weight excluding hydrogens is 484 g/mol. The number of benzene rings is 7. The Morgan fingerprint density at radius 2 is 0.675 bits per heavy atom. The standard InChI is InChI=1S/C39H26O/c40-39(34-23-11-8-16-27(34)28-17-9-12-24-35(28)39)36-25-13-10-22-33(36)38-31-20-6-4-18-29(31)37(26-14-2-1-3-15-26)30-19-5-7-21-32(30)38/h1-25,40H. The normalized spacial score (nSPS) is 13.3. The van der Waals surface area contributed by atoms with E-state index in [1.54, 1.807) is 0 Å². The lowest BCUT2D eigenvalue weighted by Crippen LogP contribution is -2.27. The molecule has 1 aliphatic rings. The van der Waals surface area contributed by atoms with Crippen LogP contribution in [0.5, 0.6) is 0 Å². The van der Waals surface area contributed by atoms with Gasteiger partial charge in [0.25, 0.3) is 0 Å². The molecule has 1 N–H and O–H groups in total. The average molecular weight is 511 g/mol. The Bertz CT molecular complexity index is 1970. The van der Waals surface area contributed by atoms with Crippen LogP contribution in [0.4, 0.5) is 0 Å². The Morgan fingerprint density at radius 1 is 0.325 bits per heavy atom. The zero-order chi connectivity index (χ0) is 26.7. The lowest BCUT2D eigenvalue weighted by molar-refractivity contribution is 0.131. The van der Waals surface area contributed by atoms with Crippen molar-refractivity contribution in [2.24, 2.45) is 0 Å². The molecule has 0 aromatic heterocycles. The fraction of sp³-hybridized carbons (Fsp3) is 0.0256. The zero-order valence-electron chi connectivity index (χ0n) is 21.9. The van der Waals surface area contributed by atoms with Gasteiger partial charge in [0.2, 0.25) is 0 Å². The fourth-order valence-corrected chi connectivity index (χ4v) is 6.85. The summed E-state index contributed by atoms with van der Waals surface area (Å²) in [6.45, 7) is 0. The van der Waals surface area contributed by atoms with Crippen LogP contribution in [0, 0.1) is 0 Å². The molecule has 0 aliphatic heterocycles. The van der Waals surface area contributed by atoms with Crippen LogP contribution in [0.2, 0.25) is 0 Å². The molecule has 7 aromatic rings. The van der Waals surface area contributed by atoms with E-state index in [-0.39, 0.29) is 0 Å². The largest absolute Gasteiger partial charge is 0.376 e. The Balaban J connectivity index is 1.51. The summed E-state index contributed by atoms with van der Waals surface area (Å²) < 4.78 is 0. The molecule has 0 spiro atoms. The predicted molar refractivity (Wildman–Crippen MR) is 166 cm³/mol. The monoisotopic (exact) mass is 510 g/mol. The summed E-state index contributed by atoms with van der Waals surface area (Å²) in [5, 5.41) is 17.6. The quantitative estimate of drug-likeness (QED) is 0.235. The van der Waals surface area contributed by atoms with Crippen molar-refractivity contribution in [3.05, 3.63) is 168 Å². The summed E-state index contributed by atoms with van der Waals surface area (Å²) in [5.74, 6) is 0. The molecule has 0 unspecified atom stereocenters. The van der Waals surface area contributed by atoms with E-state index in [1.165, 1.54) is 32.7 Å². The molecule has 0 bridgehead atoms. The first-order valence-electron chi connectivity index (χ1n) is 13.8. The molecular formula is C39H26O. The molecule has 0 saturated heterocycles. The minimum Gasteiger partial charge on any atom is -0.376 e. The molecule has 0 atom stereocenters. The highest BCUT2D eigenvalue weighted by Crippen LogP contribution is 2.54. The Hall–Kier alpha value is -4.98. The van der Waals surface area contributed by atoms with Crippen LogP contribution < -0.4 is 0 Å². The summed E-state index contributed by atoms with van der Waals surface area (Å²) in [6, 6.07) is 53.0. The Morgan fingerprint density at radius 3 is 1.18 bits per heavy atom. The van der Waals surface area contributed by atoms with Crippen molar-refractivity contribution < 1.29 is 5.11 Å². The van der Waals surface area contributed by atoms with Gasteiger partial charge in [0, 0.05) is 16.7 Å². The first kappa shape index (κ1) is 23.0. The van der Waals surface area contributed by atoms with Gasteiger partial charge in [0.15, 0.2) is 0 Å². The van der Waals surface area contributed by atoms with E-state index in [1.807, 2.05) is 18.2 Å². The third-order valence-electron chi connectivity index (χ3n) is 8.50. The topological polar surface area (TPSA) is 20.2 Å². The van der Waals surface area contributed by atoms with Gasteiger partial charge in [-0.05, 0) is 54.9 Å². The van der Waals surface area contributed by atoms with Crippen LogP contribution in [-0.4, -0.2) is 5.11 Å². The minimum absolute atomic E-state index is 0.898. The van der Waals surface area contributed by atoms with E-state index in [2.05, 4.69) is 133 Å². The van der Waals surface area contributed by atoms with Crippen molar-refractivity contribution in [3.63, 3.8) is 0 Å². The second-order valence-electron chi connectivity index (χ2n) is 10.6. The highest BCUT2D eigenvalue weighted by Gasteiger charge is 2.44. The zero-order valence-corrected chi connectivity index (χ0v) is 21.9. The van der Waals surface area contributed by atoms with E-state index in [0.717, 1.165) is 38.9 Å². The van der Waals surface area contributed by atoms with Crippen molar-refractivity contribution in [1.82, 2.24) is 0 Å². The van der Waals surface area contributed by atoms with E-state index < -0.39 is 5.60 Å². The maximum absolute atomic E-state index is 12.9. The van der Waals surface area contributed by atoms with E-state index in [9.17, 15) is 5.11 Å². The van der Waals surface area contributed by atoms with Crippen LogP contribution in [-0.2, 0) is 5.60 Å². The third kappa shape index (κ3) is 3.13. The van der Waals surface area contributed by atoms with Crippen molar-refractivity contribution in [2.45, 2.75) is 5.60 Å². The molecule has 8 rings (SSSR count). The summed E-state index contributed by atoms with van der Waals surface area (Å²) in [6.07, 6.45) is 0. The summed E-state index contributed by atoms with van der Waals surface area (Å²) in [4.78, 5) is 0. The molecule has 0 fully saturated rings. The van der Waals surface area contributed by atoms with Gasteiger partial charge < -0.3 is 5.11 Å². The Kier molecular flexibility index (Phi) is 5.04. The van der Waals surface area contributed by atoms with Crippen LogP contribution >= 0.6 is 0 Å². The highest BCUT2D eigenvalue weighted by molar-refractivity contribution is 6.21. The number of hydrogen-bond donors (Lipinski definition) is 1. The third-order valence-corrected chi connectivity index (χ3v) is 8.50. The lowest BCUT2D eigenvalue weighted by atomic mass is 9.78. The van der Waals surface area contributed by atoms with Crippen LogP contribution in [0.25, 0.3) is 54.9 Å². The Labute approximate surface area is 233 Å². The highest BCUT2D eigenvalue weighted by atomic mass is 16.3. The van der Waals surface area contributed by atoms with Crippen molar-refractivity contribution in [2.75, 3.05) is 0 Å². The molecule has 0 radical (unpaired) electrons. The van der Waals surface area contributed by atoms with Crippen molar-refractivity contribution in [3.8, 4) is 33.4 Å². The molecule has 7 aromatic carbocycles. The number of hydrogen-bond acceptors (Lipinski definition) is 1. The van der Waals surface area contributed by atoms with E-state index >= 15 is 0 Å². The summed E-state index contributed by atoms with van der Waals surface area (Å²) in [7, 11) is 0. The lowest BCUT2D eigenvalue weighted by Gasteiger charge is -2.30. The predicted octanol–water partition coefficient (Wildman–Crippen LogP) is 9.59. The molecule has 40 heavy (non-hydrogen) atoms. The summed E-state index contributed by atoms with van der Waals surface area (Å²) >= 11 is 0. The smallest absolute Gasteiger partial charge is 0.142 e. The summed E-state index contributed by atoms with van der Waals surface area (Å²) in [5.41, 5.74) is 8.29. The van der Waals surface area contributed by atoms with Crippen molar-refractivity contribution in [1.29, 1.82) is 0 Å². The van der Waals surface area contributed by atoms with Gasteiger partial charge in [0.1, 0.15) is 5.60 Å². The van der Waals surface area contributed by atoms with E-state index in [4.69, 9.17) is 0 Å². The maximum Gasteiger partial charge on any atom is 0.142 e. The molecule has 1 aliphatic carbocycles. The van der Waals surface area contributed by atoms with Gasteiger partial charge in [-0.1, -0.05) is 152 Å². The fourth-order valence-electron chi connectivity index (χ4n) is 6.85. The van der Waals surface area contributed by atoms with Gasteiger partial charge in [0.05, 0.1) is 0 Å². The molecule has 0 amide bonds. The van der Waals surface area contributed by atoms with Gasteiger partial charge in [-0.2, -0.15) is 0 Å². The average Bonchev–Trinajstić information content (AvgIpc) is 3.29. The van der Waals surface area contributed by atoms with Crippen LogP contribution in [0.15, 0.2) is 152 Å². The molecule has 1 heteroatoms. The van der Waals surface area contributed by atoms with Crippen LogP contribution in [0.3, 0.4) is 0 Å². The first-order chi connectivity index (χ1) is 19.8. The van der Waals surface area contributed by atoms with Gasteiger partial charge >= 0.3 is 0 Å². The molecule has 0 heterocycles. The van der Waals surface area contributed by atoms with Gasteiger partial charge in [-0.15, -0.1) is 0 Å². The van der Waals surface area contributed by atoms with Gasteiger partial charge in [-0.3, -0.25) is 0 Å². The van der Waals surface area contributed by atoms with Gasteiger partial charge in [-0.25, -0.2) is 0 Å². The van der Waals surface area contributed by atoms with Crippen LogP contribution in [0.1, 0.15) is 16.7 Å². The SMILES string of the molecule is OC1(c2ccccc2-c2c3ccccc3c(-c3ccccc3)c3ccccc23)c2ccccc2-c2ccccc21. The van der Waals surface area contributed by atoms with E-state index in [0.29, 0.717) is 0 Å². The maximum atomic E-state index is 12.9. The molecule has 0 saturated carbocycles.